The molecule has 2 rings (SSSR count). The van der Waals surface area contributed by atoms with Crippen LogP contribution < -0.4 is 10.5 Å². The first-order valence-corrected chi connectivity index (χ1v) is 6.31. The molecule has 1 heterocycles. The van der Waals surface area contributed by atoms with Crippen molar-refractivity contribution >= 4 is 17.4 Å². The Balaban J connectivity index is 2.30. The van der Waals surface area contributed by atoms with Crippen molar-refractivity contribution in [3.63, 3.8) is 0 Å². The summed E-state index contributed by atoms with van der Waals surface area (Å²) in [5, 5.41) is 0.657. The molecular formula is C14H16ClN3O. The Morgan fingerprint density at radius 1 is 1.11 bits per heavy atom. The number of hydrogen-bond donors (Lipinski definition) is 1. The summed E-state index contributed by atoms with van der Waals surface area (Å²) in [4.78, 5) is 8.60. The zero-order chi connectivity index (χ0) is 14.0. The van der Waals surface area contributed by atoms with E-state index in [1.165, 1.54) is 0 Å². The molecule has 0 aliphatic rings. The maximum absolute atomic E-state index is 5.82. The highest BCUT2D eigenvalue weighted by atomic mass is 35.5. The Morgan fingerprint density at radius 3 is 2.32 bits per heavy atom. The number of nitrogen functional groups attached to an aromatic ring is 1. The fourth-order valence-electron chi connectivity index (χ4n) is 1.45. The number of benzene rings is 1. The van der Waals surface area contributed by atoms with Crippen LogP contribution in [0.3, 0.4) is 0 Å². The molecule has 0 spiro atoms. The van der Waals surface area contributed by atoms with Gasteiger partial charge in [-0.25, -0.2) is 4.98 Å². The number of rotatable bonds is 2. The molecule has 1 aromatic heterocycles. The molecule has 0 radical (unpaired) electrons. The maximum atomic E-state index is 5.82. The van der Waals surface area contributed by atoms with Gasteiger partial charge in [-0.1, -0.05) is 32.4 Å². The number of halogens is 1. The summed E-state index contributed by atoms with van der Waals surface area (Å²) < 4.78 is 5.66. The van der Waals surface area contributed by atoms with Crippen molar-refractivity contribution in [3.8, 4) is 11.6 Å². The van der Waals surface area contributed by atoms with Crippen molar-refractivity contribution in [2.75, 3.05) is 5.73 Å². The first kappa shape index (κ1) is 13.6. The number of nitrogens with zero attached hydrogens (tertiary/aromatic N) is 2. The Bertz CT molecular complexity index is 576. The van der Waals surface area contributed by atoms with E-state index in [9.17, 15) is 0 Å². The molecule has 0 unspecified atom stereocenters. The lowest BCUT2D eigenvalue weighted by atomic mass is 9.96. The molecule has 2 aromatic rings. The summed E-state index contributed by atoms with van der Waals surface area (Å²) in [6.07, 6.45) is 0. The lowest BCUT2D eigenvalue weighted by molar-refractivity contribution is 0.446. The standard InChI is InChI=1S/C14H16ClN3O/c1-14(2,3)13-17-11(16)8-12(18-13)19-10-6-4-9(15)5-7-10/h4-8H,1-3H3,(H2,16,17,18). The van der Waals surface area contributed by atoms with Crippen LogP contribution in [0, 0.1) is 0 Å². The van der Waals surface area contributed by atoms with Gasteiger partial charge in [-0.3, -0.25) is 0 Å². The minimum Gasteiger partial charge on any atom is -0.439 e. The number of ether oxygens (including phenoxy) is 1. The molecule has 5 heteroatoms. The third-order valence-electron chi connectivity index (χ3n) is 2.43. The molecule has 0 aliphatic heterocycles. The zero-order valence-electron chi connectivity index (χ0n) is 11.1. The summed E-state index contributed by atoms with van der Waals surface area (Å²) >= 11 is 5.82. The van der Waals surface area contributed by atoms with Gasteiger partial charge in [0.1, 0.15) is 17.4 Å². The van der Waals surface area contributed by atoms with Gasteiger partial charge >= 0.3 is 0 Å². The summed E-state index contributed by atoms with van der Waals surface area (Å²) in [7, 11) is 0. The van der Waals surface area contributed by atoms with E-state index < -0.39 is 0 Å². The normalized spacial score (nSPS) is 11.4. The van der Waals surface area contributed by atoms with Crippen LogP contribution >= 0.6 is 11.6 Å². The molecule has 0 amide bonds. The smallest absolute Gasteiger partial charge is 0.224 e. The second kappa shape index (κ2) is 5.05. The van der Waals surface area contributed by atoms with Gasteiger partial charge in [0.25, 0.3) is 0 Å². The van der Waals surface area contributed by atoms with E-state index in [0.29, 0.717) is 28.3 Å². The number of anilines is 1. The first-order valence-electron chi connectivity index (χ1n) is 5.93. The van der Waals surface area contributed by atoms with Crippen molar-refractivity contribution < 1.29 is 4.74 Å². The van der Waals surface area contributed by atoms with E-state index in [1.807, 2.05) is 20.8 Å². The van der Waals surface area contributed by atoms with Crippen LogP contribution in [0.2, 0.25) is 5.02 Å². The fourth-order valence-corrected chi connectivity index (χ4v) is 1.58. The van der Waals surface area contributed by atoms with Gasteiger partial charge in [-0.15, -0.1) is 0 Å². The fraction of sp³-hybridized carbons (Fsp3) is 0.286. The molecule has 100 valence electrons. The van der Waals surface area contributed by atoms with Crippen molar-refractivity contribution in [2.24, 2.45) is 0 Å². The largest absolute Gasteiger partial charge is 0.439 e. The van der Waals surface area contributed by atoms with E-state index in [2.05, 4.69) is 9.97 Å². The Morgan fingerprint density at radius 2 is 1.74 bits per heavy atom. The van der Waals surface area contributed by atoms with E-state index in [4.69, 9.17) is 22.1 Å². The van der Waals surface area contributed by atoms with E-state index >= 15 is 0 Å². The lowest BCUT2D eigenvalue weighted by Gasteiger charge is -2.17. The third kappa shape index (κ3) is 3.58. The SMILES string of the molecule is CC(C)(C)c1nc(N)cc(Oc2ccc(Cl)cc2)n1. The second-order valence-corrected chi connectivity index (χ2v) is 5.70. The maximum Gasteiger partial charge on any atom is 0.224 e. The topological polar surface area (TPSA) is 61.0 Å². The average molecular weight is 278 g/mol. The third-order valence-corrected chi connectivity index (χ3v) is 2.68. The molecule has 4 nitrogen and oxygen atoms in total. The number of hydrogen-bond acceptors (Lipinski definition) is 4. The van der Waals surface area contributed by atoms with E-state index in [-0.39, 0.29) is 5.41 Å². The van der Waals surface area contributed by atoms with Gasteiger partial charge < -0.3 is 10.5 Å². The molecule has 0 saturated carbocycles. The number of nitrogens with two attached hydrogens (primary N) is 1. The second-order valence-electron chi connectivity index (χ2n) is 5.26. The molecule has 0 bridgehead atoms. The predicted molar refractivity (Wildman–Crippen MR) is 76.7 cm³/mol. The van der Waals surface area contributed by atoms with Crippen molar-refractivity contribution in [1.82, 2.24) is 9.97 Å². The summed E-state index contributed by atoms with van der Waals surface area (Å²) in [6, 6.07) is 8.66. The Kier molecular flexibility index (Phi) is 3.62. The highest BCUT2D eigenvalue weighted by Gasteiger charge is 2.19. The molecule has 2 N–H and O–H groups in total. The average Bonchev–Trinajstić information content (AvgIpc) is 2.30. The van der Waals surface area contributed by atoms with Gasteiger partial charge in [0.05, 0.1) is 0 Å². The quantitative estimate of drug-likeness (QED) is 0.907. The van der Waals surface area contributed by atoms with Crippen LogP contribution in [0.4, 0.5) is 5.82 Å². The Labute approximate surface area is 117 Å². The summed E-state index contributed by atoms with van der Waals surface area (Å²) in [5.41, 5.74) is 5.59. The van der Waals surface area contributed by atoms with Crippen LogP contribution in [-0.2, 0) is 5.41 Å². The minimum atomic E-state index is -0.187. The minimum absolute atomic E-state index is 0.187. The van der Waals surface area contributed by atoms with Crippen LogP contribution in [0.15, 0.2) is 30.3 Å². The molecule has 0 fully saturated rings. The van der Waals surface area contributed by atoms with Crippen LogP contribution in [0.1, 0.15) is 26.6 Å². The monoisotopic (exact) mass is 277 g/mol. The van der Waals surface area contributed by atoms with Gasteiger partial charge in [0.15, 0.2) is 0 Å². The molecule has 0 atom stereocenters. The molecule has 1 aromatic carbocycles. The lowest BCUT2D eigenvalue weighted by Crippen LogP contribution is -2.17. The van der Waals surface area contributed by atoms with Gasteiger partial charge in [-0.05, 0) is 24.3 Å². The zero-order valence-corrected chi connectivity index (χ0v) is 11.9. The van der Waals surface area contributed by atoms with Crippen molar-refractivity contribution in [1.29, 1.82) is 0 Å². The predicted octanol–water partition coefficient (Wildman–Crippen LogP) is 3.80. The molecule has 19 heavy (non-hydrogen) atoms. The Hall–Kier alpha value is -1.81. The van der Waals surface area contributed by atoms with Crippen LogP contribution in [-0.4, -0.2) is 9.97 Å². The van der Waals surface area contributed by atoms with Gasteiger partial charge in [0.2, 0.25) is 5.88 Å². The van der Waals surface area contributed by atoms with Gasteiger partial charge in [0, 0.05) is 16.5 Å². The highest BCUT2D eigenvalue weighted by Crippen LogP contribution is 2.26. The van der Waals surface area contributed by atoms with Crippen LogP contribution in [0.25, 0.3) is 0 Å². The molecule has 0 saturated heterocycles. The molecular weight excluding hydrogens is 262 g/mol. The van der Waals surface area contributed by atoms with Crippen molar-refractivity contribution in [3.05, 3.63) is 41.2 Å². The first-order chi connectivity index (χ1) is 8.84. The summed E-state index contributed by atoms with van der Waals surface area (Å²) in [6.45, 7) is 6.07. The van der Waals surface area contributed by atoms with Crippen molar-refractivity contribution in [2.45, 2.75) is 26.2 Å². The highest BCUT2D eigenvalue weighted by molar-refractivity contribution is 6.30. The van der Waals surface area contributed by atoms with E-state index in [1.54, 1.807) is 30.3 Å². The summed E-state index contributed by atoms with van der Waals surface area (Å²) in [5.74, 6) is 2.13. The van der Waals surface area contributed by atoms with Gasteiger partial charge in [-0.2, -0.15) is 4.98 Å². The van der Waals surface area contributed by atoms with Crippen LogP contribution in [0.5, 0.6) is 11.6 Å². The molecule has 0 aliphatic carbocycles. The van der Waals surface area contributed by atoms with E-state index in [0.717, 1.165) is 0 Å². The number of aromatic nitrogens is 2.